The highest BCUT2D eigenvalue weighted by Gasteiger charge is 2.42. The van der Waals surface area contributed by atoms with Crippen LogP contribution in [0.3, 0.4) is 0 Å². The van der Waals surface area contributed by atoms with Crippen LogP contribution in [0.2, 0.25) is 0 Å². The number of halogens is 1. The van der Waals surface area contributed by atoms with Crippen molar-refractivity contribution in [3.63, 3.8) is 0 Å². The molecule has 0 unspecified atom stereocenters. The molecular weight excluding hydrogens is 467 g/mol. The van der Waals surface area contributed by atoms with Crippen molar-refractivity contribution in [2.75, 3.05) is 46.2 Å². The summed E-state index contributed by atoms with van der Waals surface area (Å²) in [5, 5.41) is 6.68. The summed E-state index contributed by atoms with van der Waals surface area (Å²) in [6, 6.07) is 5.96. The van der Waals surface area contributed by atoms with Crippen molar-refractivity contribution < 1.29 is 4.79 Å². The van der Waals surface area contributed by atoms with E-state index >= 15 is 0 Å². The van der Waals surface area contributed by atoms with Crippen molar-refractivity contribution in [2.24, 2.45) is 10.4 Å². The van der Waals surface area contributed by atoms with Crippen molar-refractivity contribution in [1.82, 2.24) is 20.5 Å². The van der Waals surface area contributed by atoms with Gasteiger partial charge in [0.2, 0.25) is 5.91 Å². The van der Waals surface area contributed by atoms with Crippen LogP contribution in [0.25, 0.3) is 0 Å². The van der Waals surface area contributed by atoms with E-state index in [-0.39, 0.29) is 35.3 Å². The molecule has 0 radical (unpaired) electrons. The molecule has 1 heterocycles. The summed E-state index contributed by atoms with van der Waals surface area (Å²) in [6.45, 7) is 3.91. The monoisotopic (exact) mass is 502 g/mol. The molecule has 2 N–H and O–H groups in total. The van der Waals surface area contributed by atoms with E-state index in [4.69, 9.17) is 0 Å². The number of aliphatic imine (C=N–C) groups is 1. The highest BCUT2D eigenvalue weighted by atomic mass is 127. The molecule has 7 nitrogen and oxygen atoms in total. The fraction of sp³-hybridized carbons (Fsp3) is 0.650. The van der Waals surface area contributed by atoms with Gasteiger partial charge in [0.15, 0.2) is 5.96 Å². The molecular formula is C20H35IN6O. The fourth-order valence-electron chi connectivity index (χ4n) is 3.55. The van der Waals surface area contributed by atoms with Crippen LogP contribution in [0.4, 0.5) is 5.82 Å². The zero-order chi connectivity index (χ0) is 19.9. The van der Waals surface area contributed by atoms with Gasteiger partial charge in [-0.25, -0.2) is 9.98 Å². The number of pyridine rings is 1. The van der Waals surface area contributed by atoms with Crippen molar-refractivity contribution in [2.45, 2.75) is 39.2 Å². The van der Waals surface area contributed by atoms with E-state index in [1.54, 1.807) is 4.90 Å². The minimum atomic E-state index is -0.317. The lowest BCUT2D eigenvalue weighted by Crippen LogP contribution is -2.49. The Morgan fingerprint density at radius 1 is 1.18 bits per heavy atom. The second-order valence-electron chi connectivity index (χ2n) is 7.62. The molecule has 0 saturated heterocycles. The maximum Gasteiger partial charge on any atom is 0.230 e. The number of rotatable bonds is 7. The zero-order valence-corrected chi connectivity index (χ0v) is 20.1. The Bertz CT molecular complexity index is 656. The third kappa shape index (κ3) is 6.49. The molecule has 1 aliphatic carbocycles. The van der Waals surface area contributed by atoms with E-state index in [0.717, 1.165) is 49.7 Å². The van der Waals surface area contributed by atoms with Crippen molar-refractivity contribution >= 4 is 41.7 Å². The predicted octanol–water partition coefficient (Wildman–Crippen LogP) is 2.47. The van der Waals surface area contributed by atoms with Crippen LogP contribution in [-0.2, 0) is 11.3 Å². The SMILES string of the molecule is CCNC(=NCc1cccc(N(C)C)n1)NCC1(C(=O)N(C)C)CCCC1.I. The molecule has 1 aromatic rings. The smallest absolute Gasteiger partial charge is 0.230 e. The van der Waals surface area contributed by atoms with Crippen LogP contribution >= 0.6 is 24.0 Å². The first kappa shape index (κ1) is 24.5. The normalized spacial score (nSPS) is 15.5. The van der Waals surface area contributed by atoms with Gasteiger partial charge in [0.05, 0.1) is 17.7 Å². The fourth-order valence-corrected chi connectivity index (χ4v) is 3.55. The van der Waals surface area contributed by atoms with Gasteiger partial charge in [-0.1, -0.05) is 18.9 Å². The second-order valence-corrected chi connectivity index (χ2v) is 7.62. The van der Waals surface area contributed by atoms with E-state index in [9.17, 15) is 4.79 Å². The number of nitrogens with one attached hydrogen (secondary N) is 2. The summed E-state index contributed by atoms with van der Waals surface area (Å²) in [4.78, 5) is 25.7. The lowest BCUT2D eigenvalue weighted by Gasteiger charge is -2.31. The van der Waals surface area contributed by atoms with Gasteiger partial charge in [-0.15, -0.1) is 24.0 Å². The Hall–Kier alpha value is -1.58. The molecule has 2 rings (SSSR count). The average Bonchev–Trinajstić information content (AvgIpc) is 3.13. The van der Waals surface area contributed by atoms with Crippen LogP contribution in [0.5, 0.6) is 0 Å². The maximum absolute atomic E-state index is 12.7. The zero-order valence-electron chi connectivity index (χ0n) is 17.8. The summed E-state index contributed by atoms with van der Waals surface area (Å²) >= 11 is 0. The van der Waals surface area contributed by atoms with E-state index in [0.29, 0.717) is 13.1 Å². The van der Waals surface area contributed by atoms with Gasteiger partial charge in [-0.2, -0.15) is 0 Å². The Balaban J connectivity index is 0.00000392. The third-order valence-electron chi connectivity index (χ3n) is 5.01. The molecule has 0 bridgehead atoms. The first-order chi connectivity index (χ1) is 12.9. The van der Waals surface area contributed by atoms with E-state index in [2.05, 4.69) is 20.6 Å². The molecule has 1 aliphatic rings. The summed E-state index contributed by atoms with van der Waals surface area (Å²) in [5.41, 5.74) is 0.598. The highest BCUT2D eigenvalue weighted by molar-refractivity contribution is 14.0. The van der Waals surface area contributed by atoms with Crippen molar-refractivity contribution in [3.05, 3.63) is 23.9 Å². The van der Waals surface area contributed by atoms with Crippen LogP contribution in [-0.4, -0.2) is 63.0 Å². The van der Waals surface area contributed by atoms with Crippen LogP contribution < -0.4 is 15.5 Å². The van der Waals surface area contributed by atoms with E-state index < -0.39 is 0 Å². The molecule has 158 valence electrons. The summed E-state index contributed by atoms with van der Waals surface area (Å²) < 4.78 is 0. The number of guanidine groups is 1. The highest BCUT2D eigenvalue weighted by Crippen LogP contribution is 2.38. The average molecular weight is 502 g/mol. The number of carbonyl (C=O) groups excluding carboxylic acids is 1. The van der Waals surface area contributed by atoms with Crippen molar-refractivity contribution in [1.29, 1.82) is 0 Å². The second kappa shape index (κ2) is 11.4. The molecule has 0 aliphatic heterocycles. The lowest BCUT2D eigenvalue weighted by atomic mass is 9.84. The summed E-state index contributed by atoms with van der Waals surface area (Å²) in [5.74, 6) is 1.86. The number of hydrogen-bond donors (Lipinski definition) is 2. The molecule has 0 aromatic carbocycles. The Labute approximate surface area is 186 Å². The number of anilines is 1. The van der Waals surface area contributed by atoms with Crippen LogP contribution in [0.1, 0.15) is 38.3 Å². The Morgan fingerprint density at radius 2 is 1.86 bits per heavy atom. The van der Waals surface area contributed by atoms with Gasteiger partial charge < -0.3 is 20.4 Å². The largest absolute Gasteiger partial charge is 0.363 e. The number of carbonyl (C=O) groups is 1. The predicted molar refractivity (Wildman–Crippen MR) is 126 cm³/mol. The summed E-state index contributed by atoms with van der Waals surface area (Å²) in [6.07, 6.45) is 4.08. The molecule has 1 amide bonds. The minimum absolute atomic E-state index is 0. The molecule has 28 heavy (non-hydrogen) atoms. The van der Waals surface area contributed by atoms with Crippen LogP contribution in [0, 0.1) is 5.41 Å². The van der Waals surface area contributed by atoms with E-state index in [1.807, 2.05) is 58.2 Å². The molecule has 1 saturated carbocycles. The van der Waals surface area contributed by atoms with Gasteiger partial charge in [0, 0.05) is 41.3 Å². The molecule has 0 atom stereocenters. The molecule has 0 spiro atoms. The van der Waals surface area contributed by atoms with Gasteiger partial charge in [0.1, 0.15) is 5.82 Å². The number of hydrogen-bond acceptors (Lipinski definition) is 4. The van der Waals surface area contributed by atoms with Gasteiger partial charge >= 0.3 is 0 Å². The third-order valence-corrected chi connectivity index (χ3v) is 5.01. The maximum atomic E-state index is 12.7. The quantitative estimate of drug-likeness (QED) is 0.341. The Morgan fingerprint density at radius 3 is 2.43 bits per heavy atom. The Kier molecular flexibility index (Phi) is 9.98. The van der Waals surface area contributed by atoms with Crippen LogP contribution in [0.15, 0.2) is 23.2 Å². The molecule has 1 aromatic heterocycles. The number of nitrogens with zero attached hydrogens (tertiary/aromatic N) is 4. The summed E-state index contributed by atoms with van der Waals surface area (Å²) in [7, 11) is 7.63. The number of amides is 1. The van der Waals surface area contributed by atoms with Gasteiger partial charge in [-0.3, -0.25) is 4.79 Å². The molecule has 8 heteroatoms. The first-order valence-electron chi connectivity index (χ1n) is 9.75. The topological polar surface area (TPSA) is 72.9 Å². The minimum Gasteiger partial charge on any atom is -0.363 e. The molecule has 1 fully saturated rings. The lowest BCUT2D eigenvalue weighted by molar-refractivity contribution is -0.138. The van der Waals surface area contributed by atoms with E-state index in [1.165, 1.54) is 0 Å². The standard InChI is InChI=1S/C20H34N6O.HI/c1-6-21-19(22-14-16-10-9-11-17(24-16)25(2)3)23-15-20(12-7-8-13-20)18(27)26(4)5;/h9-11H,6-8,12-15H2,1-5H3,(H2,21,22,23);1H. The van der Waals surface area contributed by atoms with Gasteiger partial charge in [-0.05, 0) is 31.9 Å². The first-order valence-corrected chi connectivity index (χ1v) is 9.75. The van der Waals surface area contributed by atoms with Crippen molar-refractivity contribution in [3.8, 4) is 0 Å². The van der Waals surface area contributed by atoms with Gasteiger partial charge in [0.25, 0.3) is 0 Å². The number of aromatic nitrogens is 1.